The summed E-state index contributed by atoms with van der Waals surface area (Å²) in [6, 6.07) is 18.5. The first-order valence-corrected chi connectivity index (χ1v) is 8.17. The second-order valence-electron chi connectivity index (χ2n) is 6.18. The number of nitrogens with two attached hydrogens (primary N) is 1. The number of benzene rings is 2. The Morgan fingerprint density at radius 3 is 2.48 bits per heavy atom. The molecule has 0 unspecified atom stereocenters. The molecule has 0 saturated heterocycles. The average Bonchev–Trinajstić information content (AvgIpc) is 2.68. The van der Waals surface area contributed by atoms with Gasteiger partial charge in [-0.15, -0.1) is 12.4 Å². The highest BCUT2D eigenvalue weighted by atomic mass is 35.5. The van der Waals surface area contributed by atoms with Crippen molar-refractivity contribution in [2.75, 3.05) is 0 Å². The normalized spacial score (nSPS) is 20.3. The monoisotopic (exact) mass is 329 g/mol. The minimum atomic E-state index is -0.311. The van der Waals surface area contributed by atoms with Crippen molar-refractivity contribution in [3.05, 3.63) is 71.3 Å². The predicted molar refractivity (Wildman–Crippen MR) is 97.1 cm³/mol. The molecule has 3 heteroatoms. The first kappa shape index (κ1) is 17.7. The molecular formula is C20H24ClNO. The molecule has 0 heterocycles. The van der Waals surface area contributed by atoms with Gasteiger partial charge < -0.3 is 5.73 Å². The van der Waals surface area contributed by atoms with E-state index in [1.807, 2.05) is 12.1 Å². The highest BCUT2D eigenvalue weighted by Gasteiger charge is 2.29. The van der Waals surface area contributed by atoms with E-state index in [-0.39, 0.29) is 30.2 Å². The van der Waals surface area contributed by atoms with Gasteiger partial charge in [-0.25, -0.2) is 0 Å². The van der Waals surface area contributed by atoms with Crippen LogP contribution in [-0.4, -0.2) is 11.8 Å². The highest BCUT2D eigenvalue weighted by molar-refractivity contribution is 5.91. The zero-order chi connectivity index (χ0) is 15.4. The van der Waals surface area contributed by atoms with Crippen LogP contribution in [0.4, 0.5) is 0 Å². The number of rotatable bonds is 4. The van der Waals surface area contributed by atoms with Crippen molar-refractivity contribution >= 4 is 18.2 Å². The maximum atomic E-state index is 12.6. The molecule has 0 spiro atoms. The quantitative estimate of drug-likeness (QED) is 0.860. The molecule has 0 aliphatic heterocycles. The van der Waals surface area contributed by atoms with E-state index in [0.29, 0.717) is 0 Å². The molecule has 2 aromatic carbocycles. The van der Waals surface area contributed by atoms with Crippen LogP contribution in [0.1, 0.15) is 41.9 Å². The van der Waals surface area contributed by atoms with Crippen LogP contribution in [0.15, 0.2) is 54.6 Å². The maximum Gasteiger partial charge on any atom is 0.156 e. The van der Waals surface area contributed by atoms with Gasteiger partial charge in [0.2, 0.25) is 0 Å². The zero-order valence-electron chi connectivity index (χ0n) is 13.3. The topological polar surface area (TPSA) is 43.1 Å². The number of fused-ring (bicyclic) bond motifs is 1. The summed E-state index contributed by atoms with van der Waals surface area (Å²) in [5, 5.41) is 0. The summed E-state index contributed by atoms with van der Waals surface area (Å²) in [4.78, 5) is 12.6. The number of Topliss-reactive ketones (excluding diaryl/α,β-unsaturated/α-hetero) is 1. The molecule has 122 valence electrons. The Balaban J connectivity index is 0.00000192. The lowest BCUT2D eigenvalue weighted by atomic mass is 9.86. The fourth-order valence-corrected chi connectivity index (χ4v) is 3.42. The second kappa shape index (κ2) is 8.28. The molecular weight excluding hydrogens is 306 g/mol. The van der Waals surface area contributed by atoms with Crippen molar-refractivity contribution < 1.29 is 4.79 Å². The Hall–Kier alpha value is -1.64. The van der Waals surface area contributed by atoms with Gasteiger partial charge in [-0.1, -0.05) is 54.6 Å². The van der Waals surface area contributed by atoms with Crippen molar-refractivity contribution in [1.82, 2.24) is 0 Å². The van der Waals surface area contributed by atoms with E-state index in [4.69, 9.17) is 5.73 Å². The predicted octanol–water partition coefficient (Wildman–Crippen LogP) is 4.06. The van der Waals surface area contributed by atoms with Crippen LogP contribution in [0.3, 0.4) is 0 Å². The molecule has 2 atom stereocenters. The third kappa shape index (κ3) is 4.21. The molecule has 3 rings (SSSR count). The van der Waals surface area contributed by atoms with Crippen LogP contribution in [-0.2, 0) is 17.6 Å². The summed E-state index contributed by atoms with van der Waals surface area (Å²) in [5.41, 5.74) is 9.92. The van der Waals surface area contributed by atoms with E-state index >= 15 is 0 Å². The van der Waals surface area contributed by atoms with Gasteiger partial charge in [0.15, 0.2) is 5.78 Å². The Morgan fingerprint density at radius 1 is 1.00 bits per heavy atom. The third-order valence-corrected chi connectivity index (χ3v) is 4.67. The molecule has 0 aromatic heterocycles. The number of aryl methyl sites for hydroxylation is 2. The van der Waals surface area contributed by atoms with E-state index < -0.39 is 0 Å². The summed E-state index contributed by atoms with van der Waals surface area (Å²) in [6.07, 6.45) is 4.60. The van der Waals surface area contributed by atoms with E-state index in [9.17, 15) is 4.79 Å². The lowest BCUT2D eigenvalue weighted by Gasteiger charge is -2.18. The fraction of sp³-hybridized carbons (Fsp3) is 0.350. The summed E-state index contributed by atoms with van der Waals surface area (Å²) in [6.45, 7) is 0. The van der Waals surface area contributed by atoms with Crippen LogP contribution in [0.25, 0.3) is 0 Å². The van der Waals surface area contributed by atoms with Crippen LogP contribution in [0.5, 0.6) is 0 Å². The number of hydrogen-bond acceptors (Lipinski definition) is 2. The molecule has 0 amide bonds. The molecule has 1 aliphatic carbocycles. The Morgan fingerprint density at radius 2 is 1.70 bits per heavy atom. The van der Waals surface area contributed by atoms with Gasteiger partial charge in [0.1, 0.15) is 0 Å². The fourth-order valence-electron chi connectivity index (χ4n) is 3.42. The number of carbonyl (C=O) groups excluding carboxylic acids is 1. The SMILES string of the molecule is Cl.N[C@H]1CCc2ccccc2[C@@H](CCCc2ccccc2)C1=O. The zero-order valence-corrected chi connectivity index (χ0v) is 14.1. The van der Waals surface area contributed by atoms with Crippen molar-refractivity contribution in [2.24, 2.45) is 5.73 Å². The van der Waals surface area contributed by atoms with Gasteiger partial charge in [0.25, 0.3) is 0 Å². The Bertz CT molecular complexity index is 641. The van der Waals surface area contributed by atoms with Crippen molar-refractivity contribution in [1.29, 1.82) is 0 Å². The number of halogens is 1. The Labute approximate surface area is 144 Å². The lowest BCUT2D eigenvalue weighted by Crippen LogP contribution is -2.33. The van der Waals surface area contributed by atoms with Gasteiger partial charge in [0.05, 0.1) is 6.04 Å². The summed E-state index contributed by atoms with van der Waals surface area (Å²) in [5.74, 6) is 0.190. The van der Waals surface area contributed by atoms with Gasteiger partial charge in [0, 0.05) is 5.92 Å². The molecule has 0 saturated carbocycles. The van der Waals surface area contributed by atoms with Crippen LogP contribution < -0.4 is 5.73 Å². The number of ketones is 1. The summed E-state index contributed by atoms with van der Waals surface area (Å²) >= 11 is 0. The van der Waals surface area contributed by atoms with Crippen LogP contribution >= 0.6 is 12.4 Å². The van der Waals surface area contributed by atoms with E-state index in [1.165, 1.54) is 16.7 Å². The van der Waals surface area contributed by atoms with Crippen LogP contribution in [0, 0.1) is 0 Å². The molecule has 2 aromatic rings. The number of carbonyl (C=O) groups is 1. The van der Waals surface area contributed by atoms with E-state index in [1.54, 1.807) is 0 Å². The summed E-state index contributed by atoms with van der Waals surface area (Å²) in [7, 11) is 0. The molecule has 1 aliphatic rings. The first-order chi connectivity index (χ1) is 10.8. The lowest BCUT2D eigenvalue weighted by molar-refractivity contribution is -0.121. The third-order valence-electron chi connectivity index (χ3n) is 4.67. The second-order valence-corrected chi connectivity index (χ2v) is 6.18. The smallest absolute Gasteiger partial charge is 0.156 e. The minimum absolute atomic E-state index is 0. The summed E-state index contributed by atoms with van der Waals surface area (Å²) < 4.78 is 0. The largest absolute Gasteiger partial charge is 0.321 e. The molecule has 0 bridgehead atoms. The van der Waals surface area contributed by atoms with Crippen molar-refractivity contribution in [3.63, 3.8) is 0 Å². The van der Waals surface area contributed by atoms with Gasteiger partial charge in [-0.2, -0.15) is 0 Å². The molecule has 2 nitrogen and oxygen atoms in total. The standard InChI is InChI=1S/C20H23NO.ClH/c21-19-14-13-16-10-4-5-11-17(16)18(20(19)22)12-6-9-15-7-2-1-3-8-15;/h1-5,7-8,10-11,18-19H,6,9,12-14,21H2;1H/t18-,19+;/m1./s1. The molecule has 2 N–H and O–H groups in total. The van der Waals surface area contributed by atoms with Gasteiger partial charge >= 0.3 is 0 Å². The highest BCUT2D eigenvalue weighted by Crippen LogP contribution is 2.31. The Kier molecular flexibility index (Phi) is 6.37. The maximum absolute atomic E-state index is 12.6. The van der Waals surface area contributed by atoms with E-state index in [0.717, 1.165) is 32.1 Å². The van der Waals surface area contributed by atoms with Gasteiger partial charge in [-0.3, -0.25) is 4.79 Å². The molecule has 0 radical (unpaired) electrons. The minimum Gasteiger partial charge on any atom is -0.321 e. The average molecular weight is 330 g/mol. The van der Waals surface area contributed by atoms with Crippen molar-refractivity contribution in [3.8, 4) is 0 Å². The van der Waals surface area contributed by atoms with Crippen LogP contribution in [0.2, 0.25) is 0 Å². The van der Waals surface area contributed by atoms with Crippen molar-refractivity contribution in [2.45, 2.75) is 44.1 Å². The van der Waals surface area contributed by atoms with Gasteiger partial charge in [-0.05, 0) is 48.8 Å². The molecule has 0 fully saturated rings. The van der Waals surface area contributed by atoms with E-state index in [2.05, 4.69) is 42.5 Å². The molecule has 23 heavy (non-hydrogen) atoms. The number of hydrogen-bond donors (Lipinski definition) is 1. The first-order valence-electron chi connectivity index (χ1n) is 8.17.